The minimum Gasteiger partial charge on any atom is -0.223 e. The van der Waals surface area contributed by atoms with Crippen molar-refractivity contribution in [2.45, 2.75) is 42.2 Å². The highest BCUT2D eigenvalue weighted by Gasteiger charge is 2.91. The molecule has 0 nitrogen and oxygen atoms in total. The Bertz CT molecular complexity index is 429. The third-order valence-electron chi connectivity index (χ3n) is 2.70. The fraction of sp³-hybridized carbons (Fsp3) is 1.00. The summed E-state index contributed by atoms with van der Waals surface area (Å²) in [4.78, 5) is 0. The summed E-state index contributed by atoms with van der Waals surface area (Å²) in [5.74, 6) is -23.5. The minimum absolute atomic E-state index is 7.27. The largest absolute Gasteiger partial charge is 0.453 e. The van der Waals surface area contributed by atoms with E-state index < -0.39 is 48.1 Å². The predicted molar refractivity (Wildman–Crippen MR) is 41.4 cm³/mol. The lowest BCUT2D eigenvalue weighted by Gasteiger charge is -2.43. The van der Waals surface area contributed by atoms with Gasteiger partial charge in [-0.15, -0.1) is 0 Å². The third kappa shape index (κ3) is 3.54. The Morgan fingerprint density at radius 3 is 0.640 bits per heavy atom. The van der Waals surface area contributed by atoms with Gasteiger partial charge < -0.3 is 0 Å². The summed E-state index contributed by atoms with van der Waals surface area (Å²) in [6, 6.07) is 0. The summed E-state index contributed by atoms with van der Waals surface area (Å²) < 4.78 is 210. The highest BCUT2D eigenvalue weighted by atomic mass is 19.4. The number of hydrogen-bond acceptors (Lipinski definition) is 0. The first-order valence-electron chi connectivity index (χ1n) is 5.08. The third-order valence-corrected chi connectivity index (χ3v) is 2.70. The lowest BCUT2D eigenvalue weighted by Crippen LogP contribution is -2.72. The molecule has 0 atom stereocenters. The molecule has 0 N–H and O–H groups in total. The zero-order valence-corrected chi connectivity index (χ0v) is 10.5. The van der Waals surface area contributed by atoms with E-state index in [1.165, 1.54) is 0 Å². The molecule has 0 aliphatic rings. The van der Waals surface area contributed by atoms with E-state index in [9.17, 15) is 74.6 Å². The Labute approximate surface area is 124 Å². The zero-order valence-electron chi connectivity index (χ0n) is 10.5. The van der Waals surface area contributed by atoms with Crippen molar-refractivity contribution in [1.82, 2.24) is 0 Å². The molecule has 152 valence electrons. The molecular formula is C8HF17. The van der Waals surface area contributed by atoms with Gasteiger partial charge in [0.1, 0.15) is 0 Å². The van der Waals surface area contributed by atoms with E-state index in [1.807, 2.05) is 0 Å². The Morgan fingerprint density at radius 1 is 0.320 bits per heavy atom. The van der Waals surface area contributed by atoms with Crippen LogP contribution in [0.25, 0.3) is 0 Å². The molecule has 0 heterocycles. The van der Waals surface area contributed by atoms with E-state index in [0.29, 0.717) is 0 Å². The van der Waals surface area contributed by atoms with Gasteiger partial charge in [-0.05, 0) is 0 Å². The van der Waals surface area contributed by atoms with E-state index in [1.54, 1.807) is 0 Å². The van der Waals surface area contributed by atoms with E-state index in [4.69, 9.17) is 0 Å². The maximum Gasteiger partial charge on any atom is 0.453 e. The Balaban J connectivity index is 7.15. The van der Waals surface area contributed by atoms with Crippen molar-refractivity contribution >= 4 is 0 Å². The topological polar surface area (TPSA) is 0 Å². The van der Waals surface area contributed by atoms with Gasteiger partial charge in [0.25, 0.3) is 0 Å². The molecule has 0 aromatic rings. The Kier molecular flexibility index (Phi) is 5.38. The summed E-state index contributed by atoms with van der Waals surface area (Å²) >= 11 is 0. The highest BCUT2D eigenvalue weighted by molar-refractivity contribution is 5.12. The molecule has 0 saturated carbocycles. The molecule has 0 spiro atoms. The first kappa shape index (κ1) is 23.8. The Hall–Kier alpha value is -1.19. The van der Waals surface area contributed by atoms with Gasteiger partial charge in [0.05, 0.1) is 0 Å². The molecule has 0 rings (SSSR count). The summed E-state index contributed by atoms with van der Waals surface area (Å²) in [5, 5.41) is 0. The standard InChI is InChI=1S/C8HF17/c9-2(5(14,15)16,6(17,18)19)1(3(10,11)7(20,21)22)4(12,13)8(23,24)25/h1H. The maximum atomic E-state index is 13.3. The zero-order chi connectivity index (χ0) is 21.1. The van der Waals surface area contributed by atoms with Crippen LogP contribution in [0.4, 0.5) is 74.6 Å². The lowest BCUT2D eigenvalue weighted by atomic mass is 9.77. The maximum absolute atomic E-state index is 13.3. The molecule has 0 unspecified atom stereocenters. The van der Waals surface area contributed by atoms with Gasteiger partial charge in [0, 0.05) is 0 Å². The van der Waals surface area contributed by atoms with Crippen LogP contribution in [0.2, 0.25) is 0 Å². The van der Waals surface area contributed by atoms with Crippen LogP contribution in [0.1, 0.15) is 0 Å². The monoisotopic (exact) mass is 420 g/mol. The summed E-state index contributed by atoms with van der Waals surface area (Å²) in [6.07, 6.45) is -31.7. The molecular weight excluding hydrogens is 419 g/mol. The molecule has 0 aromatic carbocycles. The summed E-state index contributed by atoms with van der Waals surface area (Å²) in [7, 11) is 0. The fourth-order valence-electron chi connectivity index (χ4n) is 1.54. The van der Waals surface area contributed by atoms with Gasteiger partial charge in [-0.25, -0.2) is 4.39 Å². The van der Waals surface area contributed by atoms with Gasteiger partial charge in [0.2, 0.25) is 0 Å². The van der Waals surface area contributed by atoms with Crippen molar-refractivity contribution in [3.05, 3.63) is 0 Å². The molecule has 0 bridgehead atoms. The molecule has 25 heavy (non-hydrogen) atoms. The lowest BCUT2D eigenvalue weighted by molar-refractivity contribution is -0.447. The first-order chi connectivity index (χ1) is 10.4. The highest BCUT2D eigenvalue weighted by Crippen LogP contribution is 2.64. The van der Waals surface area contributed by atoms with E-state index in [2.05, 4.69) is 0 Å². The van der Waals surface area contributed by atoms with Crippen molar-refractivity contribution in [3.63, 3.8) is 0 Å². The number of hydrogen-bond donors (Lipinski definition) is 0. The molecule has 0 aromatic heterocycles. The van der Waals surface area contributed by atoms with Crippen LogP contribution in [0.5, 0.6) is 0 Å². The molecule has 0 fully saturated rings. The molecule has 0 aliphatic carbocycles. The molecule has 17 heteroatoms. The molecule has 0 amide bonds. The minimum atomic E-state index is -8.27. The SMILES string of the molecule is FC(F)(F)C(F)(F)C(C(F)(F)C(F)(F)F)C(F)(C(F)(F)F)C(F)(F)F. The number of alkyl halides is 17. The second-order valence-corrected chi connectivity index (χ2v) is 4.38. The van der Waals surface area contributed by atoms with Gasteiger partial charge in [-0.2, -0.15) is 70.2 Å². The first-order valence-corrected chi connectivity index (χ1v) is 5.08. The average molecular weight is 420 g/mol. The van der Waals surface area contributed by atoms with Crippen LogP contribution >= 0.6 is 0 Å². The van der Waals surface area contributed by atoms with Crippen LogP contribution in [-0.2, 0) is 0 Å². The van der Waals surface area contributed by atoms with Crippen LogP contribution < -0.4 is 0 Å². The summed E-state index contributed by atoms with van der Waals surface area (Å²) in [5.41, 5.74) is -8.27. The van der Waals surface area contributed by atoms with Crippen LogP contribution in [0.15, 0.2) is 0 Å². The molecule has 0 radical (unpaired) electrons. The number of halogens is 17. The van der Waals surface area contributed by atoms with Crippen molar-refractivity contribution in [1.29, 1.82) is 0 Å². The second kappa shape index (κ2) is 5.65. The number of rotatable bonds is 3. The predicted octanol–water partition coefficient (Wildman–Crippen LogP) is 5.83. The van der Waals surface area contributed by atoms with Crippen molar-refractivity contribution in [2.24, 2.45) is 5.92 Å². The van der Waals surface area contributed by atoms with Gasteiger partial charge in [-0.3, -0.25) is 0 Å². The normalized spacial score (nSPS) is 16.6. The second-order valence-electron chi connectivity index (χ2n) is 4.38. The van der Waals surface area contributed by atoms with Gasteiger partial charge >= 0.3 is 42.2 Å². The van der Waals surface area contributed by atoms with Gasteiger partial charge in [0.15, 0.2) is 5.92 Å². The van der Waals surface area contributed by atoms with E-state index in [-0.39, 0.29) is 0 Å². The van der Waals surface area contributed by atoms with Crippen molar-refractivity contribution in [2.75, 3.05) is 0 Å². The van der Waals surface area contributed by atoms with E-state index >= 15 is 0 Å². The Morgan fingerprint density at radius 2 is 0.520 bits per heavy atom. The molecule has 0 saturated heterocycles. The van der Waals surface area contributed by atoms with E-state index in [0.717, 1.165) is 0 Å². The van der Waals surface area contributed by atoms with Crippen molar-refractivity contribution in [3.8, 4) is 0 Å². The smallest absolute Gasteiger partial charge is 0.223 e. The fourth-order valence-corrected chi connectivity index (χ4v) is 1.54. The van der Waals surface area contributed by atoms with Crippen LogP contribution in [0, 0.1) is 5.92 Å². The van der Waals surface area contributed by atoms with Crippen LogP contribution in [0.3, 0.4) is 0 Å². The molecule has 0 aliphatic heterocycles. The van der Waals surface area contributed by atoms with Crippen LogP contribution in [-0.4, -0.2) is 42.2 Å². The average Bonchev–Trinajstić information content (AvgIpc) is 2.21. The van der Waals surface area contributed by atoms with Gasteiger partial charge in [-0.1, -0.05) is 0 Å². The van der Waals surface area contributed by atoms with Crippen molar-refractivity contribution < 1.29 is 74.6 Å². The summed E-state index contributed by atoms with van der Waals surface area (Å²) in [6.45, 7) is 0. The quantitative estimate of drug-likeness (QED) is 0.505.